The van der Waals surface area contributed by atoms with E-state index in [-0.39, 0.29) is 0 Å². The van der Waals surface area contributed by atoms with Gasteiger partial charge in [0.1, 0.15) is 3.70 Å². The minimum Gasteiger partial charge on any atom is -0.272 e. The summed E-state index contributed by atoms with van der Waals surface area (Å²) >= 11 is 2.24. The highest BCUT2D eigenvalue weighted by molar-refractivity contribution is 14.1. The van der Waals surface area contributed by atoms with Crippen molar-refractivity contribution < 1.29 is 0 Å². The maximum Gasteiger partial charge on any atom is 0.126 e. The molecule has 3 heteroatoms. The summed E-state index contributed by atoms with van der Waals surface area (Å²) in [5.41, 5.74) is 2.54. The molecular formula is C6H9IN2. The molecule has 0 fully saturated rings. The first-order valence-corrected chi connectivity index (χ1v) is 3.86. The van der Waals surface area contributed by atoms with Crippen LogP contribution in [-0.2, 0) is 7.05 Å². The van der Waals surface area contributed by atoms with Gasteiger partial charge in [0, 0.05) is 18.3 Å². The Morgan fingerprint density at radius 1 is 1.44 bits per heavy atom. The average molecular weight is 236 g/mol. The smallest absolute Gasteiger partial charge is 0.126 e. The fourth-order valence-corrected chi connectivity index (χ4v) is 1.39. The summed E-state index contributed by atoms with van der Waals surface area (Å²) < 4.78 is 3.00. The molecule has 1 rings (SSSR count). The van der Waals surface area contributed by atoms with Gasteiger partial charge in [-0.3, -0.25) is 4.68 Å². The molecule has 1 aromatic heterocycles. The van der Waals surface area contributed by atoms with E-state index in [4.69, 9.17) is 0 Å². The topological polar surface area (TPSA) is 17.8 Å². The largest absolute Gasteiger partial charge is 0.272 e. The molecule has 0 aromatic carbocycles. The summed E-state index contributed by atoms with van der Waals surface area (Å²) in [7, 11) is 1.96. The third-order valence-corrected chi connectivity index (χ3v) is 2.60. The third kappa shape index (κ3) is 1.10. The number of hydrogen-bond donors (Lipinski definition) is 0. The Hall–Kier alpha value is -0.0600. The normalized spacial score (nSPS) is 10.2. The Balaban J connectivity index is 3.29. The van der Waals surface area contributed by atoms with Crippen LogP contribution in [0.2, 0.25) is 0 Å². The molecular weight excluding hydrogens is 227 g/mol. The third-order valence-electron chi connectivity index (χ3n) is 1.58. The lowest BCUT2D eigenvalue weighted by Crippen LogP contribution is -1.92. The molecule has 0 bridgehead atoms. The minimum absolute atomic E-state index is 1.10. The fraction of sp³-hybridized carbons (Fsp3) is 0.500. The second kappa shape index (κ2) is 2.28. The highest BCUT2D eigenvalue weighted by atomic mass is 127. The van der Waals surface area contributed by atoms with Crippen molar-refractivity contribution in [3.63, 3.8) is 0 Å². The van der Waals surface area contributed by atoms with Crippen LogP contribution in [0.4, 0.5) is 0 Å². The number of hydrogen-bond acceptors (Lipinski definition) is 1. The Morgan fingerprint density at radius 2 is 2.00 bits per heavy atom. The Morgan fingerprint density at radius 3 is 2.11 bits per heavy atom. The molecule has 0 aliphatic carbocycles. The molecule has 0 saturated carbocycles. The van der Waals surface area contributed by atoms with Crippen LogP contribution in [0.3, 0.4) is 0 Å². The first kappa shape index (κ1) is 7.05. The molecule has 0 atom stereocenters. The van der Waals surface area contributed by atoms with Gasteiger partial charge in [0.15, 0.2) is 0 Å². The molecule has 0 aliphatic rings. The van der Waals surface area contributed by atoms with Crippen molar-refractivity contribution >= 4 is 22.6 Å². The average Bonchev–Trinajstić information content (AvgIpc) is 1.98. The van der Waals surface area contributed by atoms with Crippen molar-refractivity contribution in [2.24, 2.45) is 7.05 Å². The standard InChI is InChI=1S/C6H9IN2/c1-4-5(2)9(3)8-6(4)7/h1-3H3. The summed E-state index contributed by atoms with van der Waals surface area (Å²) in [5, 5.41) is 4.21. The summed E-state index contributed by atoms with van der Waals surface area (Å²) in [4.78, 5) is 0. The molecule has 0 radical (unpaired) electrons. The first-order valence-electron chi connectivity index (χ1n) is 2.78. The van der Waals surface area contributed by atoms with Crippen LogP contribution in [-0.4, -0.2) is 9.78 Å². The van der Waals surface area contributed by atoms with Crippen molar-refractivity contribution in [3.8, 4) is 0 Å². The Labute approximate surface area is 68.4 Å². The van der Waals surface area contributed by atoms with Gasteiger partial charge in [-0.05, 0) is 36.4 Å². The van der Waals surface area contributed by atoms with Crippen LogP contribution in [0.5, 0.6) is 0 Å². The van der Waals surface area contributed by atoms with Crippen molar-refractivity contribution in [2.75, 3.05) is 0 Å². The summed E-state index contributed by atoms with van der Waals surface area (Å²) in [5.74, 6) is 0. The molecule has 9 heavy (non-hydrogen) atoms. The van der Waals surface area contributed by atoms with Crippen LogP contribution >= 0.6 is 22.6 Å². The van der Waals surface area contributed by atoms with E-state index in [0.29, 0.717) is 0 Å². The number of nitrogens with zero attached hydrogens (tertiary/aromatic N) is 2. The lowest BCUT2D eigenvalue weighted by molar-refractivity contribution is 0.733. The second-order valence-electron chi connectivity index (χ2n) is 2.12. The van der Waals surface area contributed by atoms with E-state index in [1.807, 2.05) is 11.7 Å². The van der Waals surface area contributed by atoms with Crippen LogP contribution in [0.15, 0.2) is 0 Å². The van der Waals surface area contributed by atoms with Crippen molar-refractivity contribution in [1.82, 2.24) is 9.78 Å². The first-order chi connectivity index (χ1) is 4.13. The zero-order chi connectivity index (χ0) is 7.02. The fourth-order valence-electron chi connectivity index (χ4n) is 0.674. The van der Waals surface area contributed by atoms with Crippen molar-refractivity contribution in [3.05, 3.63) is 15.0 Å². The molecule has 1 aromatic rings. The van der Waals surface area contributed by atoms with E-state index in [0.717, 1.165) is 3.70 Å². The van der Waals surface area contributed by atoms with Gasteiger partial charge in [-0.1, -0.05) is 0 Å². The Kier molecular flexibility index (Phi) is 1.79. The van der Waals surface area contributed by atoms with Gasteiger partial charge in [0.05, 0.1) is 0 Å². The second-order valence-corrected chi connectivity index (χ2v) is 3.15. The molecule has 50 valence electrons. The van der Waals surface area contributed by atoms with Gasteiger partial charge in [-0.25, -0.2) is 0 Å². The summed E-state index contributed by atoms with van der Waals surface area (Å²) in [6, 6.07) is 0. The predicted molar refractivity (Wildman–Crippen MR) is 45.4 cm³/mol. The highest BCUT2D eigenvalue weighted by Gasteiger charge is 2.02. The van der Waals surface area contributed by atoms with Crippen molar-refractivity contribution in [2.45, 2.75) is 13.8 Å². The van der Waals surface area contributed by atoms with E-state index >= 15 is 0 Å². The predicted octanol–water partition coefficient (Wildman–Crippen LogP) is 1.64. The van der Waals surface area contributed by atoms with Gasteiger partial charge >= 0.3 is 0 Å². The molecule has 0 saturated heterocycles. The molecule has 2 nitrogen and oxygen atoms in total. The maximum atomic E-state index is 4.21. The number of aryl methyl sites for hydroxylation is 1. The molecule has 1 heterocycles. The van der Waals surface area contributed by atoms with E-state index < -0.39 is 0 Å². The SMILES string of the molecule is Cc1c(I)nn(C)c1C. The molecule has 0 unspecified atom stereocenters. The van der Waals surface area contributed by atoms with E-state index in [1.54, 1.807) is 0 Å². The molecule has 0 spiro atoms. The molecule has 0 N–H and O–H groups in total. The summed E-state index contributed by atoms with van der Waals surface area (Å²) in [6.45, 7) is 4.16. The number of halogens is 1. The van der Waals surface area contributed by atoms with Gasteiger partial charge < -0.3 is 0 Å². The van der Waals surface area contributed by atoms with Gasteiger partial charge in [0.2, 0.25) is 0 Å². The van der Waals surface area contributed by atoms with Gasteiger partial charge in [0.25, 0.3) is 0 Å². The Bertz CT molecular complexity index is 205. The highest BCUT2D eigenvalue weighted by Crippen LogP contribution is 2.11. The van der Waals surface area contributed by atoms with E-state index in [1.165, 1.54) is 11.3 Å². The summed E-state index contributed by atoms with van der Waals surface area (Å²) in [6.07, 6.45) is 0. The lowest BCUT2D eigenvalue weighted by atomic mass is 10.3. The minimum atomic E-state index is 1.10. The van der Waals surface area contributed by atoms with E-state index in [9.17, 15) is 0 Å². The van der Waals surface area contributed by atoms with E-state index in [2.05, 4.69) is 41.5 Å². The van der Waals surface area contributed by atoms with Gasteiger partial charge in [-0.2, -0.15) is 5.10 Å². The van der Waals surface area contributed by atoms with Crippen LogP contribution in [0, 0.1) is 17.5 Å². The zero-order valence-corrected chi connectivity index (χ0v) is 7.93. The van der Waals surface area contributed by atoms with Crippen LogP contribution in [0.25, 0.3) is 0 Å². The monoisotopic (exact) mass is 236 g/mol. The zero-order valence-electron chi connectivity index (χ0n) is 5.77. The molecule has 0 aliphatic heterocycles. The van der Waals surface area contributed by atoms with Crippen molar-refractivity contribution in [1.29, 1.82) is 0 Å². The maximum absolute atomic E-state index is 4.21. The van der Waals surface area contributed by atoms with Gasteiger partial charge in [-0.15, -0.1) is 0 Å². The number of rotatable bonds is 0. The van der Waals surface area contributed by atoms with Crippen LogP contribution < -0.4 is 0 Å². The number of aromatic nitrogens is 2. The lowest BCUT2D eigenvalue weighted by Gasteiger charge is -1.90. The quantitative estimate of drug-likeness (QED) is 0.626. The molecule has 0 amide bonds. The van der Waals surface area contributed by atoms with Crippen LogP contribution in [0.1, 0.15) is 11.3 Å².